The number of unbranched alkanes of at least 4 members (excludes halogenated alkanes) is 6. The fourth-order valence-electron chi connectivity index (χ4n) is 6.13. The van der Waals surface area contributed by atoms with Crippen LogP contribution >= 0.6 is 0 Å². The number of halogens is 1. The zero-order valence-electron chi connectivity index (χ0n) is 26.9. The first-order valence-corrected chi connectivity index (χ1v) is 20.1. The van der Waals surface area contributed by atoms with Gasteiger partial charge in [-0.1, -0.05) is 0 Å². The molecule has 0 saturated carbocycles. The molecule has 7 heteroatoms. The van der Waals surface area contributed by atoms with Gasteiger partial charge in [0.2, 0.25) is 0 Å². The van der Waals surface area contributed by atoms with E-state index in [9.17, 15) is 4.79 Å². The van der Waals surface area contributed by atoms with Crippen molar-refractivity contribution in [1.29, 1.82) is 0 Å². The zero-order valence-corrected chi connectivity index (χ0v) is 32.5. The standard InChI is InChI=1S/C39H43N3OSe2.HI/c1-3-5-7-16-24-41-32-20-12-14-22-34(32)44-36(41)26-30-38(40-28-29-18-10-9-11-19-29)31(39(30)43)27-37-42(25-17-8-6-4-2)33-21-13-15-23-35(33)45-37;/h9-15,18-23,26-27H,3-8,16-17,24-25,28H2,1-2H3;1H. The molecule has 0 radical (unpaired) electrons. The molecule has 1 aliphatic carbocycles. The maximum atomic E-state index is 14.1. The molecule has 0 spiro atoms. The molecule has 0 bridgehead atoms. The van der Waals surface area contributed by atoms with Crippen molar-refractivity contribution in [2.75, 3.05) is 11.4 Å². The Morgan fingerprint density at radius 2 is 1.52 bits per heavy atom. The van der Waals surface area contributed by atoms with Crippen LogP contribution in [-0.4, -0.2) is 41.8 Å². The summed E-state index contributed by atoms with van der Waals surface area (Å²) in [6.45, 7) is 7.24. The maximum absolute atomic E-state index is 14.1. The van der Waals surface area contributed by atoms with Gasteiger partial charge in [0.05, 0.1) is 0 Å². The number of allylic oxidation sites excluding steroid dienone is 3. The summed E-state index contributed by atoms with van der Waals surface area (Å²) in [7, 11) is 0. The number of para-hydroxylation sites is 2. The predicted molar refractivity (Wildman–Crippen MR) is 190 cm³/mol. The third kappa shape index (κ3) is 7.99. The van der Waals surface area contributed by atoms with Crippen LogP contribution in [0.2, 0.25) is 0 Å². The number of Topliss-reactive ketones (excluding diaryl/α,β-unsaturated/α-hetero) is 1. The summed E-state index contributed by atoms with van der Waals surface area (Å²) >= 11 is 0.359. The van der Waals surface area contributed by atoms with Crippen molar-refractivity contribution in [3.63, 3.8) is 0 Å². The molecule has 6 rings (SSSR count). The Balaban J connectivity index is 0.00000417. The van der Waals surface area contributed by atoms with E-state index in [0.29, 0.717) is 6.54 Å². The summed E-state index contributed by atoms with van der Waals surface area (Å²) in [5, 5.41) is 3.72. The molecular formula is C39H44IN3OSe2. The Hall–Kier alpha value is -2.41. The molecule has 4 aromatic rings. The van der Waals surface area contributed by atoms with Gasteiger partial charge in [0.1, 0.15) is 0 Å². The van der Waals surface area contributed by atoms with Gasteiger partial charge in [-0.15, -0.1) is 0 Å². The SMILES string of the molecule is CCCCCCN1/C(=C/C2=C(NCc3ccccc3)C(=C/c3[se]c4ccccc4[n+]3CCCCCC)/C2=O)[Se]c2ccccc21.[I-]. The van der Waals surface area contributed by atoms with Gasteiger partial charge < -0.3 is 24.0 Å². The molecule has 1 N–H and O–H groups in total. The fourth-order valence-corrected chi connectivity index (χ4v) is 10.9. The van der Waals surface area contributed by atoms with Crippen LogP contribution in [-0.2, 0) is 17.9 Å². The van der Waals surface area contributed by atoms with E-state index in [4.69, 9.17) is 0 Å². The predicted octanol–water partition coefficient (Wildman–Crippen LogP) is 4.05. The van der Waals surface area contributed by atoms with Gasteiger partial charge in [-0.05, 0) is 0 Å². The third-order valence-corrected chi connectivity index (χ3v) is 13.3. The van der Waals surface area contributed by atoms with Crippen molar-refractivity contribution in [3.8, 4) is 0 Å². The van der Waals surface area contributed by atoms with Crippen LogP contribution in [0.25, 0.3) is 15.9 Å². The molecule has 0 fully saturated rings. The van der Waals surface area contributed by atoms with Crippen molar-refractivity contribution >= 4 is 61.2 Å². The summed E-state index contributed by atoms with van der Waals surface area (Å²) in [5.41, 5.74) is 6.52. The van der Waals surface area contributed by atoms with E-state index in [-0.39, 0.29) is 59.2 Å². The number of nitrogens with one attached hydrogen (secondary N) is 1. The van der Waals surface area contributed by atoms with Gasteiger partial charge in [-0.2, -0.15) is 0 Å². The minimum Gasteiger partial charge on any atom is -1.00 e. The van der Waals surface area contributed by atoms with Crippen molar-refractivity contribution in [2.24, 2.45) is 0 Å². The Kier molecular flexibility index (Phi) is 13.0. The van der Waals surface area contributed by atoms with Crippen molar-refractivity contribution in [1.82, 2.24) is 5.32 Å². The first kappa shape index (κ1) is 34.9. The van der Waals surface area contributed by atoms with Gasteiger partial charge in [-0.3, -0.25) is 0 Å². The number of carbonyl (C=O) groups is 1. The fraction of sp³-hybridized carbons (Fsp3) is 0.333. The molecule has 0 amide bonds. The normalized spacial score (nSPS) is 15.9. The number of aromatic nitrogens is 1. The van der Waals surface area contributed by atoms with E-state index in [0.717, 1.165) is 29.9 Å². The van der Waals surface area contributed by atoms with Crippen molar-refractivity contribution in [3.05, 3.63) is 117 Å². The number of ketones is 1. The number of anilines is 1. The van der Waals surface area contributed by atoms with Crippen LogP contribution < -0.4 is 43.2 Å². The van der Waals surface area contributed by atoms with Gasteiger partial charge in [0, 0.05) is 0 Å². The Labute approximate surface area is 304 Å². The average Bonchev–Trinajstić information content (AvgIpc) is 3.61. The summed E-state index contributed by atoms with van der Waals surface area (Å²) in [5.74, 6) is 0.168. The number of fused-ring (bicyclic) bond motifs is 2. The second-order valence-electron chi connectivity index (χ2n) is 11.9. The molecule has 240 valence electrons. The molecule has 46 heavy (non-hydrogen) atoms. The molecule has 1 aromatic heterocycles. The van der Waals surface area contributed by atoms with E-state index in [1.165, 1.54) is 86.0 Å². The summed E-state index contributed by atoms with van der Waals surface area (Å²) in [6.07, 6.45) is 14.3. The number of carbonyl (C=O) groups excluding carboxylic acids is 1. The van der Waals surface area contributed by atoms with Gasteiger partial charge >= 0.3 is 282 Å². The molecule has 0 atom stereocenters. The summed E-state index contributed by atoms with van der Waals surface area (Å²) in [6, 6.07) is 28.1. The Bertz CT molecular complexity index is 1740. The van der Waals surface area contributed by atoms with Crippen LogP contribution in [0.5, 0.6) is 0 Å². The minimum absolute atomic E-state index is 0. The molecule has 2 heterocycles. The van der Waals surface area contributed by atoms with Crippen LogP contribution in [0, 0.1) is 0 Å². The van der Waals surface area contributed by atoms with E-state index >= 15 is 0 Å². The number of aryl methyl sites for hydroxylation is 1. The third-order valence-electron chi connectivity index (χ3n) is 8.62. The van der Waals surface area contributed by atoms with E-state index in [2.05, 4.69) is 120 Å². The number of benzene rings is 3. The molecule has 0 unspecified atom stereocenters. The summed E-state index contributed by atoms with van der Waals surface area (Å²) in [4.78, 5) is 16.6. The number of rotatable bonds is 15. The largest absolute Gasteiger partial charge is 1.00 e. The monoisotopic (exact) mass is 857 g/mol. The zero-order chi connectivity index (χ0) is 31.0. The van der Waals surface area contributed by atoms with Crippen LogP contribution in [0.1, 0.15) is 75.3 Å². The average molecular weight is 856 g/mol. The van der Waals surface area contributed by atoms with Gasteiger partial charge in [0.15, 0.2) is 0 Å². The van der Waals surface area contributed by atoms with Gasteiger partial charge in [0.25, 0.3) is 0 Å². The molecule has 2 aliphatic rings. The second kappa shape index (κ2) is 17.1. The first-order chi connectivity index (χ1) is 22.2. The summed E-state index contributed by atoms with van der Waals surface area (Å²) < 4.78 is 7.91. The van der Waals surface area contributed by atoms with E-state index < -0.39 is 0 Å². The van der Waals surface area contributed by atoms with Crippen LogP contribution in [0.4, 0.5) is 5.69 Å². The Morgan fingerprint density at radius 1 is 0.804 bits per heavy atom. The smallest absolute Gasteiger partial charge is 1.00 e. The van der Waals surface area contributed by atoms with Crippen LogP contribution in [0.15, 0.2) is 106 Å². The van der Waals surface area contributed by atoms with E-state index in [1.807, 2.05) is 0 Å². The van der Waals surface area contributed by atoms with E-state index in [1.54, 1.807) is 0 Å². The molecule has 4 nitrogen and oxygen atoms in total. The number of nitrogens with zero attached hydrogens (tertiary/aromatic N) is 2. The molecule has 0 saturated heterocycles. The second-order valence-corrected chi connectivity index (χ2v) is 16.4. The first-order valence-electron chi connectivity index (χ1n) is 16.6. The minimum atomic E-state index is 0. The Morgan fingerprint density at radius 3 is 2.33 bits per heavy atom. The van der Waals surface area contributed by atoms with Gasteiger partial charge in [-0.25, -0.2) is 0 Å². The maximum Gasteiger partial charge on any atom is -1.00 e. The van der Waals surface area contributed by atoms with Crippen LogP contribution in [0.3, 0.4) is 0 Å². The number of hydrogen-bond donors (Lipinski definition) is 1. The molecule has 1 aliphatic heterocycles. The van der Waals surface area contributed by atoms with Crippen molar-refractivity contribution in [2.45, 2.75) is 78.3 Å². The molecule has 3 aromatic carbocycles. The topological polar surface area (TPSA) is 36.2 Å². The molecular weight excluding hydrogens is 811 g/mol. The number of hydrogen-bond acceptors (Lipinski definition) is 3. The quantitative estimate of drug-likeness (QED) is 0.0646. The van der Waals surface area contributed by atoms with Crippen molar-refractivity contribution < 1.29 is 33.3 Å².